The zero-order valence-corrected chi connectivity index (χ0v) is 16.7. The van der Waals surface area contributed by atoms with E-state index in [1.165, 1.54) is 33.4 Å². The molecule has 0 saturated carbocycles. The average molecular weight is 425 g/mol. The lowest BCUT2D eigenvalue weighted by molar-refractivity contribution is -0.0498. The van der Waals surface area contributed by atoms with Crippen molar-refractivity contribution in [3.05, 3.63) is 57.5 Å². The molecule has 1 aromatic heterocycles. The summed E-state index contributed by atoms with van der Waals surface area (Å²) in [6.07, 6.45) is 0. The molecule has 0 atom stereocenters. The van der Waals surface area contributed by atoms with E-state index in [-0.39, 0.29) is 29.0 Å². The van der Waals surface area contributed by atoms with Crippen molar-refractivity contribution in [1.29, 1.82) is 0 Å². The number of nitrogens with zero attached hydrogens (tertiary/aromatic N) is 2. The monoisotopic (exact) mass is 424 g/mol. The van der Waals surface area contributed by atoms with Gasteiger partial charge in [-0.2, -0.15) is 8.78 Å². The van der Waals surface area contributed by atoms with Crippen LogP contribution in [0.3, 0.4) is 0 Å². The van der Waals surface area contributed by atoms with Crippen molar-refractivity contribution in [3.63, 3.8) is 0 Å². The third kappa shape index (κ3) is 3.85. The zero-order valence-electron chi connectivity index (χ0n) is 16.0. The normalized spacial score (nSPS) is 11.4. The average Bonchev–Trinajstić information content (AvgIpc) is 2.94. The molecule has 0 spiro atoms. The van der Waals surface area contributed by atoms with Crippen LogP contribution >= 0.6 is 11.6 Å². The van der Waals surface area contributed by atoms with E-state index in [0.29, 0.717) is 16.7 Å². The first-order valence-electron chi connectivity index (χ1n) is 8.94. The lowest BCUT2D eigenvalue weighted by atomic mass is 10.2. The molecule has 3 aromatic rings. The van der Waals surface area contributed by atoms with Crippen molar-refractivity contribution < 1.29 is 23.0 Å². The van der Waals surface area contributed by atoms with Crippen LogP contribution in [0.1, 0.15) is 37.2 Å². The summed E-state index contributed by atoms with van der Waals surface area (Å²) < 4.78 is 37.4. The van der Waals surface area contributed by atoms with Crippen molar-refractivity contribution in [2.75, 3.05) is 6.61 Å². The van der Waals surface area contributed by atoms with Crippen LogP contribution in [0.15, 0.2) is 41.2 Å². The van der Waals surface area contributed by atoms with Gasteiger partial charge in [-0.15, -0.1) is 0 Å². The summed E-state index contributed by atoms with van der Waals surface area (Å²) >= 11 is 6.50. The van der Waals surface area contributed by atoms with Crippen molar-refractivity contribution in [2.24, 2.45) is 0 Å². The van der Waals surface area contributed by atoms with Crippen LogP contribution in [0, 0.1) is 0 Å². The van der Waals surface area contributed by atoms with E-state index in [2.05, 4.69) is 4.74 Å². The Morgan fingerprint density at radius 1 is 1.21 bits per heavy atom. The SMILES string of the molecule is CCOC(=O)c1ccc2c(c1Cl)n(C(C)C)c(=O)n2-c1cccc(OC(F)F)c1. The molecule has 2 aromatic carbocycles. The molecule has 0 bridgehead atoms. The van der Waals surface area contributed by atoms with Crippen LogP contribution < -0.4 is 10.4 Å². The summed E-state index contributed by atoms with van der Waals surface area (Å²) in [7, 11) is 0. The molecule has 0 aliphatic heterocycles. The van der Waals surface area contributed by atoms with E-state index >= 15 is 0 Å². The molecule has 29 heavy (non-hydrogen) atoms. The van der Waals surface area contributed by atoms with E-state index < -0.39 is 18.3 Å². The maximum atomic E-state index is 13.2. The Balaban J connectivity index is 2.30. The second kappa shape index (κ2) is 8.24. The molecule has 154 valence electrons. The number of aromatic nitrogens is 2. The fraction of sp³-hybridized carbons (Fsp3) is 0.300. The second-order valence-corrected chi connectivity index (χ2v) is 6.85. The van der Waals surface area contributed by atoms with Gasteiger partial charge in [0.15, 0.2) is 0 Å². The number of ether oxygens (including phenoxy) is 2. The molecule has 0 N–H and O–H groups in total. The van der Waals surface area contributed by atoms with Gasteiger partial charge in [0.25, 0.3) is 0 Å². The van der Waals surface area contributed by atoms with Crippen LogP contribution in [0.5, 0.6) is 5.75 Å². The van der Waals surface area contributed by atoms with E-state index in [4.69, 9.17) is 16.3 Å². The van der Waals surface area contributed by atoms with Crippen molar-refractivity contribution in [1.82, 2.24) is 9.13 Å². The quantitative estimate of drug-likeness (QED) is 0.533. The number of carbonyl (C=O) groups excluding carboxylic acids is 1. The van der Waals surface area contributed by atoms with E-state index in [9.17, 15) is 18.4 Å². The zero-order chi connectivity index (χ0) is 21.3. The number of halogens is 3. The molecule has 0 amide bonds. The topological polar surface area (TPSA) is 62.5 Å². The van der Waals surface area contributed by atoms with E-state index in [1.54, 1.807) is 32.9 Å². The minimum atomic E-state index is -2.99. The maximum Gasteiger partial charge on any atom is 0.387 e. The molecule has 6 nitrogen and oxygen atoms in total. The number of hydrogen-bond donors (Lipinski definition) is 0. The number of carbonyl (C=O) groups is 1. The maximum absolute atomic E-state index is 13.2. The highest BCUT2D eigenvalue weighted by Gasteiger charge is 2.23. The number of imidazole rings is 1. The van der Waals surface area contributed by atoms with Crippen molar-refractivity contribution in [2.45, 2.75) is 33.4 Å². The molecule has 0 aliphatic carbocycles. The Labute approximate surface area is 170 Å². The number of hydrogen-bond acceptors (Lipinski definition) is 4. The summed E-state index contributed by atoms with van der Waals surface area (Å²) in [5.74, 6) is -0.675. The summed E-state index contributed by atoms with van der Waals surface area (Å²) in [5.41, 5.74) is 0.834. The van der Waals surface area contributed by atoms with Gasteiger partial charge in [0.05, 0.1) is 33.9 Å². The van der Waals surface area contributed by atoms with Crippen LogP contribution in [0.2, 0.25) is 5.02 Å². The predicted octanol–water partition coefficient (Wildman–Crippen LogP) is 4.80. The van der Waals surface area contributed by atoms with Crippen molar-refractivity contribution >= 4 is 28.6 Å². The minimum absolute atomic E-state index is 0.0795. The molecule has 9 heteroatoms. The summed E-state index contributed by atoms with van der Waals surface area (Å²) in [5, 5.41) is 0.0884. The van der Waals surface area contributed by atoms with Gasteiger partial charge < -0.3 is 9.47 Å². The largest absolute Gasteiger partial charge is 0.462 e. The third-order valence-corrected chi connectivity index (χ3v) is 4.67. The molecular weight excluding hydrogens is 406 g/mol. The number of rotatable bonds is 6. The Bertz CT molecular complexity index is 1120. The number of alkyl halides is 2. The van der Waals surface area contributed by atoms with Crippen LogP contribution in [-0.4, -0.2) is 28.3 Å². The fourth-order valence-corrected chi connectivity index (χ4v) is 3.49. The Morgan fingerprint density at radius 2 is 1.93 bits per heavy atom. The summed E-state index contributed by atoms with van der Waals surface area (Å²) in [6.45, 7) is 2.48. The molecule has 0 unspecified atom stereocenters. The van der Waals surface area contributed by atoms with Gasteiger partial charge in [0.2, 0.25) is 0 Å². The summed E-state index contributed by atoms with van der Waals surface area (Å²) in [6, 6.07) is 8.58. The van der Waals surface area contributed by atoms with Gasteiger partial charge in [0.1, 0.15) is 5.75 Å². The Kier molecular flexibility index (Phi) is 5.93. The number of fused-ring (bicyclic) bond motifs is 1. The minimum Gasteiger partial charge on any atom is -0.462 e. The van der Waals surface area contributed by atoms with Crippen LogP contribution in [0.4, 0.5) is 8.78 Å². The lowest BCUT2D eigenvalue weighted by Gasteiger charge is -2.10. The molecule has 3 rings (SSSR count). The Morgan fingerprint density at radius 3 is 2.55 bits per heavy atom. The fourth-order valence-electron chi connectivity index (χ4n) is 3.16. The number of esters is 1. The summed E-state index contributed by atoms with van der Waals surface area (Å²) in [4.78, 5) is 25.4. The first-order chi connectivity index (χ1) is 13.8. The first-order valence-corrected chi connectivity index (χ1v) is 9.31. The van der Waals surface area contributed by atoms with E-state index in [1.807, 2.05) is 0 Å². The highest BCUT2D eigenvalue weighted by atomic mass is 35.5. The van der Waals surface area contributed by atoms with E-state index in [0.717, 1.165) is 0 Å². The molecule has 0 radical (unpaired) electrons. The smallest absolute Gasteiger partial charge is 0.387 e. The van der Waals surface area contributed by atoms with Gasteiger partial charge in [-0.05, 0) is 45.0 Å². The standard InChI is InChI=1S/C20H19ClF2N2O4/c1-4-28-18(26)14-8-9-15-17(16(14)21)24(11(2)3)20(27)25(15)12-6-5-7-13(10-12)29-19(22)23/h5-11,19H,4H2,1-3H3. The predicted molar refractivity (Wildman–Crippen MR) is 106 cm³/mol. The number of benzene rings is 2. The van der Waals surface area contributed by atoms with Gasteiger partial charge in [-0.25, -0.2) is 9.59 Å². The van der Waals surface area contributed by atoms with Gasteiger partial charge >= 0.3 is 18.3 Å². The molecule has 0 saturated heterocycles. The first kappa shape index (κ1) is 20.9. The van der Waals surface area contributed by atoms with Gasteiger partial charge in [0, 0.05) is 12.1 Å². The van der Waals surface area contributed by atoms with Crippen molar-refractivity contribution in [3.8, 4) is 11.4 Å². The molecular formula is C20H19ClF2N2O4. The Hall–Kier alpha value is -2.87. The van der Waals surface area contributed by atoms with Crippen LogP contribution in [0.25, 0.3) is 16.7 Å². The third-order valence-electron chi connectivity index (χ3n) is 4.29. The lowest BCUT2D eigenvalue weighted by Crippen LogP contribution is -2.24. The highest BCUT2D eigenvalue weighted by molar-refractivity contribution is 6.38. The molecule has 0 aliphatic rings. The highest BCUT2D eigenvalue weighted by Crippen LogP contribution is 2.31. The molecule has 1 heterocycles. The molecule has 0 fully saturated rings. The van der Waals surface area contributed by atoms with Gasteiger partial charge in [-0.3, -0.25) is 9.13 Å². The second-order valence-electron chi connectivity index (χ2n) is 6.47. The van der Waals surface area contributed by atoms with Gasteiger partial charge in [-0.1, -0.05) is 17.7 Å². The van der Waals surface area contributed by atoms with Crippen LogP contribution in [-0.2, 0) is 4.74 Å².